The van der Waals surface area contributed by atoms with Crippen LogP contribution in [0, 0.1) is 0 Å². The molecule has 120 valence electrons. The lowest BCUT2D eigenvalue weighted by molar-refractivity contribution is -0.117. The van der Waals surface area contributed by atoms with E-state index in [9.17, 15) is 9.59 Å². The molecule has 0 N–H and O–H groups in total. The lowest BCUT2D eigenvalue weighted by Crippen LogP contribution is -2.38. The highest BCUT2D eigenvalue weighted by Crippen LogP contribution is 2.48. The number of ketones is 2. The van der Waals surface area contributed by atoms with Gasteiger partial charge in [0.05, 0.1) is 12.2 Å². The predicted molar refractivity (Wildman–Crippen MR) is 85.6 cm³/mol. The number of Topliss-reactive ketones (excluding diaryl/α,β-unsaturated/α-hetero) is 2. The van der Waals surface area contributed by atoms with E-state index in [1.165, 1.54) is 0 Å². The van der Waals surface area contributed by atoms with Crippen molar-refractivity contribution < 1.29 is 14.0 Å². The van der Waals surface area contributed by atoms with Gasteiger partial charge in [-0.25, -0.2) is 0 Å². The van der Waals surface area contributed by atoms with Gasteiger partial charge in [-0.05, 0) is 44.7 Å². The molecule has 0 fully saturated rings. The van der Waals surface area contributed by atoms with Crippen LogP contribution in [-0.2, 0) is 9.59 Å². The summed E-state index contributed by atoms with van der Waals surface area (Å²) in [6.45, 7) is 2.91. The van der Waals surface area contributed by atoms with E-state index in [0.717, 1.165) is 60.5 Å². The number of allylic oxidation sites excluding steroid dienone is 4. The van der Waals surface area contributed by atoms with E-state index < -0.39 is 0 Å². The van der Waals surface area contributed by atoms with Crippen LogP contribution in [-0.4, -0.2) is 23.0 Å². The van der Waals surface area contributed by atoms with E-state index in [1.807, 2.05) is 12.1 Å². The molecule has 1 aromatic heterocycles. The van der Waals surface area contributed by atoms with Crippen LogP contribution in [0.5, 0.6) is 0 Å². The van der Waals surface area contributed by atoms with Gasteiger partial charge in [0.1, 0.15) is 5.76 Å². The fourth-order valence-corrected chi connectivity index (χ4v) is 4.34. The molecule has 0 bridgehead atoms. The Kier molecular flexibility index (Phi) is 3.47. The van der Waals surface area contributed by atoms with E-state index >= 15 is 0 Å². The quantitative estimate of drug-likeness (QED) is 0.835. The second-order valence-corrected chi connectivity index (χ2v) is 6.47. The minimum Gasteiger partial charge on any atom is -0.468 e. The number of furan rings is 1. The molecule has 0 radical (unpaired) electrons. The first-order chi connectivity index (χ1) is 11.2. The number of carbonyl (C=O) groups is 2. The van der Waals surface area contributed by atoms with Gasteiger partial charge in [0.25, 0.3) is 0 Å². The fourth-order valence-electron chi connectivity index (χ4n) is 4.34. The third kappa shape index (κ3) is 2.12. The van der Waals surface area contributed by atoms with Crippen LogP contribution in [0.2, 0.25) is 0 Å². The van der Waals surface area contributed by atoms with Crippen molar-refractivity contribution in [2.45, 2.75) is 51.4 Å². The molecule has 4 heteroatoms. The molecule has 4 rings (SSSR count). The van der Waals surface area contributed by atoms with Crippen LogP contribution in [0.1, 0.15) is 57.1 Å². The number of rotatable bonds is 2. The molecule has 0 atom stereocenters. The second kappa shape index (κ2) is 5.52. The van der Waals surface area contributed by atoms with Gasteiger partial charge in [-0.2, -0.15) is 0 Å². The highest BCUT2D eigenvalue weighted by Gasteiger charge is 2.43. The summed E-state index contributed by atoms with van der Waals surface area (Å²) >= 11 is 0. The summed E-state index contributed by atoms with van der Waals surface area (Å²) in [4.78, 5) is 27.7. The first kappa shape index (κ1) is 14.5. The molecule has 1 aliphatic heterocycles. The maximum absolute atomic E-state index is 12.7. The average Bonchev–Trinajstić information content (AvgIpc) is 3.07. The molecule has 1 aromatic rings. The average molecular weight is 311 g/mol. The van der Waals surface area contributed by atoms with Crippen LogP contribution in [0.25, 0.3) is 0 Å². The lowest BCUT2D eigenvalue weighted by Gasteiger charge is -2.42. The Morgan fingerprint density at radius 2 is 1.65 bits per heavy atom. The summed E-state index contributed by atoms with van der Waals surface area (Å²) in [5.74, 6) is 0.789. The summed E-state index contributed by atoms with van der Waals surface area (Å²) in [5, 5.41) is 0. The zero-order chi connectivity index (χ0) is 16.0. The van der Waals surface area contributed by atoms with Gasteiger partial charge >= 0.3 is 0 Å². The van der Waals surface area contributed by atoms with Crippen molar-refractivity contribution in [3.05, 3.63) is 46.7 Å². The van der Waals surface area contributed by atoms with Crippen LogP contribution in [0.15, 0.2) is 45.4 Å². The van der Waals surface area contributed by atoms with E-state index in [1.54, 1.807) is 6.26 Å². The molecule has 0 unspecified atom stereocenters. The summed E-state index contributed by atoms with van der Waals surface area (Å²) in [6.07, 6.45) is 6.40. The van der Waals surface area contributed by atoms with Crippen LogP contribution in [0.4, 0.5) is 0 Å². The largest absolute Gasteiger partial charge is 0.468 e. The molecule has 3 aliphatic rings. The van der Waals surface area contributed by atoms with Crippen molar-refractivity contribution in [2.24, 2.45) is 0 Å². The second-order valence-electron chi connectivity index (χ2n) is 6.47. The van der Waals surface area contributed by atoms with Gasteiger partial charge in [0, 0.05) is 41.9 Å². The Balaban J connectivity index is 1.96. The molecule has 23 heavy (non-hydrogen) atoms. The van der Waals surface area contributed by atoms with Gasteiger partial charge in [-0.1, -0.05) is 0 Å². The molecule has 2 aliphatic carbocycles. The molecule has 0 saturated heterocycles. The fraction of sp³-hybridized carbons (Fsp3) is 0.474. The first-order valence-electron chi connectivity index (χ1n) is 8.55. The van der Waals surface area contributed by atoms with Gasteiger partial charge < -0.3 is 9.32 Å². The standard InChI is InChI=1S/C19H21NO3/c1-2-20-12-6-3-8-14(21)17(12)19(16-10-5-11-23-16)18-13(20)7-4-9-15(18)22/h5,10-11,19H,2-4,6-9H2,1H3. The molecule has 0 aromatic carbocycles. The van der Waals surface area contributed by atoms with Crippen molar-refractivity contribution in [2.75, 3.05) is 6.54 Å². The highest BCUT2D eigenvalue weighted by atomic mass is 16.3. The maximum atomic E-state index is 12.7. The van der Waals surface area contributed by atoms with Gasteiger partial charge in [0.2, 0.25) is 0 Å². The van der Waals surface area contributed by atoms with Crippen molar-refractivity contribution in [1.29, 1.82) is 0 Å². The maximum Gasteiger partial charge on any atom is 0.161 e. The number of nitrogens with zero attached hydrogens (tertiary/aromatic N) is 1. The molecule has 4 nitrogen and oxygen atoms in total. The minimum atomic E-state index is -0.293. The van der Waals surface area contributed by atoms with E-state index in [2.05, 4.69) is 11.8 Å². The van der Waals surface area contributed by atoms with E-state index in [0.29, 0.717) is 12.8 Å². The third-order valence-electron chi connectivity index (χ3n) is 5.23. The number of carbonyl (C=O) groups excluding carboxylic acids is 2. The topological polar surface area (TPSA) is 50.5 Å². The molecule has 0 amide bonds. The molecule has 0 spiro atoms. The zero-order valence-corrected chi connectivity index (χ0v) is 13.4. The first-order valence-corrected chi connectivity index (χ1v) is 8.55. The zero-order valence-electron chi connectivity index (χ0n) is 13.4. The van der Waals surface area contributed by atoms with Crippen molar-refractivity contribution in [3.63, 3.8) is 0 Å². The van der Waals surface area contributed by atoms with E-state index in [4.69, 9.17) is 4.42 Å². The minimum absolute atomic E-state index is 0.177. The molecular formula is C19H21NO3. The Hall–Kier alpha value is -2.10. The van der Waals surface area contributed by atoms with E-state index in [-0.39, 0.29) is 17.5 Å². The molecule has 2 heterocycles. The Bertz CT molecular complexity index is 680. The van der Waals surface area contributed by atoms with Crippen LogP contribution in [0.3, 0.4) is 0 Å². The Morgan fingerprint density at radius 1 is 1.04 bits per heavy atom. The number of hydrogen-bond donors (Lipinski definition) is 0. The Labute approximate surface area is 135 Å². The molecular weight excluding hydrogens is 290 g/mol. The summed E-state index contributed by atoms with van der Waals surface area (Å²) < 4.78 is 5.65. The predicted octanol–water partition coefficient (Wildman–Crippen LogP) is 3.71. The number of hydrogen-bond acceptors (Lipinski definition) is 4. The SMILES string of the molecule is CCN1C2=C(C(=O)CCC2)C(c2ccco2)C2=C1CCCC2=O. The van der Waals surface area contributed by atoms with Crippen molar-refractivity contribution in [1.82, 2.24) is 4.90 Å². The highest BCUT2D eigenvalue weighted by molar-refractivity contribution is 6.06. The van der Waals surface area contributed by atoms with Crippen LogP contribution >= 0.6 is 0 Å². The molecule has 0 saturated carbocycles. The van der Waals surface area contributed by atoms with Gasteiger partial charge in [0.15, 0.2) is 11.6 Å². The van der Waals surface area contributed by atoms with Crippen LogP contribution < -0.4 is 0 Å². The van der Waals surface area contributed by atoms with Gasteiger partial charge in [-0.15, -0.1) is 0 Å². The summed E-state index contributed by atoms with van der Waals surface area (Å²) in [7, 11) is 0. The smallest absolute Gasteiger partial charge is 0.161 e. The lowest BCUT2D eigenvalue weighted by atomic mass is 9.72. The summed E-state index contributed by atoms with van der Waals surface area (Å²) in [5.41, 5.74) is 3.86. The van der Waals surface area contributed by atoms with Crippen molar-refractivity contribution >= 4 is 11.6 Å². The normalized spacial score (nSPS) is 22.6. The monoisotopic (exact) mass is 311 g/mol. The third-order valence-corrected chi connectivity index (χ3v) is 5.23. The van der Waals surface area contributed by atoms with Gasteiger partial charge in [-0.3, -0.25) is 9.59 Å². The van der Waals surface area contributed by atoms with Crippen molar-refractivity contribution in [3.8, 4) is 0 Å². The summed E-state index contributed by atoms with van der Waals surface area (Å²) in [6, 6.07) is 3.73. The Morgan fingerprint density at radius 3 is 2.13 bits per heavy atom.